The number of nitrogens with zero attached hydrogens (tertiary/aromatic N) is 2. The number of urea groups is 1. The molecule has 8 heteroatoms. The molecule has 0 spiro atoms. The monoisotopic (exact) mass is 489 g/mol. The third kappa shape index (κ3) is 4.10. The molecule has 1 fully saturated rings. The van der Waals surface area contributed by atoms with Gasteiger partial charge >= 0.3 is 6.03 Å². The maximum atomic E-state index is 12.8. The summed E-state index contributed by atoms with van der Waals surface area (Å²) >= 11 is 15.6. The van der Waals surface area contributed by atoms with E-state index in [4.69, 9.17) is 23.2 Å². The first-order valence-corrected chi connectivity index (χ1v) is 10.2. The summed E-state index contributed by atoms with van der Waals surface area (Å²) in [5.74, 6) is -0.414. The van der Waals surface area contributed by atoms with E-state index in [0.717, 1.165) is 20.8 Å². The number of benzene rings is 2. The van der Waals surface area contributed by atoms with Crippen LogP contribution in [0.2, 0.25) is 10.0 Å². The second kappa shape index (κ2) is 8.06. The van der Waals surface area contributed by atoms with Crippen molar-refractivity contribution in [2.75, 3.05) is 0 Å². The molecular formula is C21H14BrCl2N3O2. The molecule has 1 N–H and O–H groups in total. The Morgan fingerprint density at radius 1 is 1.03 bits per heavy atom. The van der Waals surface area contributed by atoms with E-state index < -0.39 is 11.9 Å². The Labute approximate surface area is 185 Å². The zero-order chi connectivity index (χ0) is 20.5. The van der Waals surface area contributed by atoms with Crippen LogP contribution in [0.4, 0.5) is 4.79 Å². The Hall–Kier alpha value is -2.54. The molecule has 1 saturated heterocycles. The van der Waals surface area contributed by atoms with E-state index >= 15 is 0 Å². The maximum absolute atomic E-state index is 12.8. The van der Waals surface area contributed by atoms with Crippen LogP contribution in [-0.2, 0) is 11.3 Å². The van der Waals surface area contributed by atoms with Crippen LogP contribution in [0, 0.1) is 0 Å². The summed E-state index contributed by atoms with van der Waals surface area (Å²) in [6.07, 6.45) is 3.55. The third-order valence-electron chi connectivity index (χ3n) is 4.46. The average Bonchev–Trinajstić information content (AvgIpc) is 3.24. The van der Waals surface area contributed by atoms with E-state index in [1.165, 1.54) is 0 Å². The number of hydrogen-bond acceptors (Lipinski definition) is 2. The van der Waals surface area contributed by atoms with Crippen molar-refractivity contribution >= 4 is 57.1 Å². The van der Waals surface area contributed by atoms with Crippen molar-refractivity contribution in [2.45, 2.75) is 6.54 Å². The van der Waals surface area contributed by atoms with Crippen molar-refractivity contribution in [3.63, 3.8) is 0 Å². The first-order chi connectivity index (χ1) is 13.9. The number of imide groups is 1. The fourth-order valence-electron chi connectivity index (χ4n) is 3.06. The number of halogens is 3. The molecule has 4 rings (SSSR count). The van der Waals surface area contributed by atoms with Crippen LogP contribution in [-0.4, -0.2) is 21.4 Å². The molecule has 0 saturated carbocycles. The van der Waals surface area contributed by atoms with Gasteiger partial charge in [0, 0.05) is 32.1 Å². The van der Waals surface area contributed by atoms with Gasteiger partial charge in [-0.2, -0.15) is 0 Å². The van der Waals surface area contributed by atoms with Gasteiger partial charge in [-0.1, -0.05) is 51.3 Å². The van der Waals surface area contributed by atoms with Crippen molar-refractivity contribution in [2.24, 2.45) is 0 Å². The standard InChI is InChI=1S/C21H14BrCl2N3O2/c22-14-3-1-4-16(9-14)26-8-2-5-17(26)11-19-20(28)27(21(29)25-19)12-13-6-7-15(23)10-18(13)24/h1-11H,12H2,(H,25,29)/b19-11-. The molecule has 29 heavy (non-hydrogen) atoms. The number of carbonyl (C=O) groups excluding carboxylic acids is 2. The number of aromatic nitrogens is 1. The van der Waals surface area contributed by atoms with Gasteiger partial charge in [0.1, 0.15) is 5.70 Å². The van der Waals surface area contributed by atoms with E-state index in [-0.39, 0.29) is 12.2 Å². The molecule has 0 aliphatic carbocycles. The molecule has 1 aromatic heterocycles. The highest BCUT2D eigenvalue weighted by atomic mass is 79.9. The normalized spacial score (nSPS) is 15.3. The predicted molar refractivity (Wildman–Crippen MR) is 117 cm³/mol. The molecule has 0 unspecified atom stereocenters. The highest BCUT2D eigenvalue weighted by Gasteiger charge is 2.34. The molecule has 1 aliphatic rings. The number of amides is 3. The Balaban J connectivity index is 1.61. The van der Waals surface area contributed by atoms with Crippen molar-refractivity contribution in [3.05, 3.63) is 92.3 Å². The van der Waals surface area contributed by atoms with E-state index in [1.54, 1.807) is 24.3 Å². The average molecular weight is 491 g/mol. The highest BCUT2D eigenvalue weighted by molar-refractivity contribution is 9.10. The van der Waals surface area contributed by atoms with E-state index in [0.29, 0.717) is 15.6 Å². The summed E-state index contributed by atoms with van der Waals surface area (Å²) in [5, 5.41) is 3.53. The largest absolute Gasteiger partial charge is 0.329 e. The fourth-order valence-corrected chi connectivity index (χ4v) is 3.91. The lowest BCUT2D eigenvalue weighted by atomic mass is 10.2. The summed E-state index contributed by atoms with van der Waals surface area (Å²) in [5.41, 5.74) is 2.53. The second-order valence-electron chi connectivity index (χ2n) is 6.40. The summed E-state index contributed by atoms with van der Waals surface area (Å²) in [7, 11) is 0. The summed E-state index contributed by atoms with van der Waals surface area (Å²) in [4.78, 5) is 26.3. The fraction of sp³-hybridized carbons (Fsp3) is 0.0476. The number of hydrogen-bond donors (Lipinski definition) is 1. The van der Waals surface area contributed by atoms with Crippen molar-refractivity contribution < 1.29 is 9.59 Å². The summed E-state index contributed by atoms with van der Waals surface area (Å²) in [6, 6.07) is 16.0. The van der Waals surface area contributed by atoms with Gasteiger partial charge in [0.25, 0.3) is 5.91 Å². The first kappa shape index (κ1) is 19.8. The third-order valence-corrected chi connectivity index (χ3v) is 5.54. The molecule has 3 amide bonds. The van der Waals surface area contributed by atoms with Crippen LogP contribution in [0.15, 0.2) is 71.0 Å². The minimum absolute atomic E-state index is 0.0602. The van der Waals surface area contributed by atoms with Crippen molar-refractivity contribution in [1.29, 1.82) is 0 Å². The number of nitrogens with one attached hydrogen (secondary N) is 1. The topological polar surface area (TPSA) is 54.3 Å². The minimum Gasteiger partial charge on any atom is -0.317 e. The van der Waals surface area contributed by atoms with Gasteiger partial charge < -0.3 is 9.88 Å². The van der Waals surface area contributed by atoms with Gasteiger partial charge in [-0.15, -0.1) is 0 Å². The van der Waals surface area contributed by atoms with E-state index in [9.17, 15) is 9.59 Å². The minimum atomic E-state index is -0.493. The highest BCUT2D eigenvalue weighted by Crippen LogP contribution is 2.25. The van der Waals surface area contributed by atoms with E-state index in [2.05, 4.69) is 21.2 Å². The number of rotatable bonds is 4. The molecule has 3 aromatic rings. The molecule has 1 aliphatic heterocycles. The molecule has 0 radical (unpaired) electrons. The maximum Gasteiger partial charge on any atom is 0.329 e. The SMILES string of the molecule is O=C1N/C(=C\c2cccn2-c2cccc(Br)c2)C(=O)N1Cc1ccc(Cl)cc1Cl. The first-order valence-electron chi connectivity index (χ1n) is 8.64. The zero-order valence-electron chi connectivity index (χ0n) is 14.9. The Kier molecular flexibility index (Phi) is 5.50. The van der Waals surface area contributed by atoms with Gasteiger partial charge in [0.2, 0.25) is 0 Å². The number of carbonyl (C=O) groups is 2. The van der Waals surface area contributed by atoms with Crippen LogP contribution >= 0.6 is 39.1 Å². The second-order valence-corrected chi connectivity index (χ2v) is 8.16. The molecule has 0 atom stereocenters. The van der Waals surface area contributed by atoms with Crippen molar-refractivity contribution in [1.82, 2.24) is 14.8 Å². The van der Waals surface area contributed by atoms with E-state index in [1.807, 2.05) is 47.2 Å². The lowest BCUT2D eigenvalue weighted by Crippen LogP contribution is -2.30. The summed E-state index contributed by atoms with van der Waals surface area (Å²) in [6.45, 7) is 0.0602. The van der Waals surface area contributed by atoms with Crippen LogP contribution < -0.4 is 5.32 Å². The van der Waals surface area contributed by atoms with Crippen LogP contribution in [0.5, 0.6) is 0 Å². The molecule has 5 nitrogen and oxygen atoms in total. The Morgan fingerprint density at radius 3 is 2.62 bits per heavy atom. The van der Waals surface area contributed by atoms with Gasteiger partial charge in [-0.3, -0.25) is 9.69 Å². The zero-order valence-corrected chi connectivity index (χ0v) is 18.0. The molecule has 2 heterocycles. The van der Waals surface area contributed by atoms with Crippen LogP contribution in [0.1, 0.15) is 11.3 Å². The predicted octanol–water partition coefficient (Wildman–Crippen LogP) is 5.64. The summed E-state index contributed by atoms with van der Waals surface area (Å²) < 4.78 is 2.87. The Morgan fingerprint density at radius 2 is 1.86 bits per heavy atom. The molecular weight excluding hydrogens is 477 g/mol. The molecule has 0 bridgehead atoms. The van der Waals surface area contributed by atoms with Gasteiger partial charge in [-0.25, -0.2) is 4.79 Å². The van der Waals surface area contributed by atoms with Gasteiger partial charge in [-0.05, 0) is 54.1 Å². The quantitative estimate of drug-likeness (QED) is 0.380. The van der Waals surface area contributed by atoms with Gasteiger partial charge in [0.05, 0.1) is 6.54 Å². The van der Waals surface area contributed by atoms with Crippen LogP contribution in [0.3, 0.4) is 0 Å². The molecule has 146 valence electrons. The van der Waals surface area contributed by atoms with Gasteiger partial charge in [0.15, 0.2) is 0 Å². The molecule has 2 aromatic carbocycles. The smallest absolute Gasteiger partial charge is 0.317 e. The Bertz CT molecular complexity index is 1160. The lowest BCUT2D eigenvalue weighted by molar-refractivity contribution is -0.123. The van der Waals surface area contributed by atoms with Crippen LogP contribution in [0.25, 0.3) is 11.8 Å². The van der Waals surface area contributed by atoms with Crippen molar-refractivity contribution in [3.8, 4) is 5.69 Å². The lowest BCUT2D eigenvalue weighted by Gasteiger charge is -2.13.